The quantitative estimate of drug-likeness (QED) is 0.719. The van der Waals surface area contributed by atoms with E-state index in [1.807, 2.05) is 26.8 Å². The molecule has 0 spiro atoms. The molecular weight excluding hydrogens is 337 g/mol. The monoisotopic (exact) mass is 363 g/mol. The molecule has 0 saturated carbocycles. The Bertz CT molecular complexity index is 697. The van der Waals surface area contributed by atoms with Crippen LogP contribution in [-0.2, 0) is 22.4 Å². The Morgan fingerprint density at radius 2 is 1.69 bits per heavy atom. The van der Waals surface area contributed by atoms with Crippen LogP contribution in [0, 0.1) is 23.1 Å². The lowest BCUT2D eigenvalue weighted by atomic mass is 9.94. The summed E-state index contributed by atoms with van der Waals surface area (Å²) in [5.41, 5.74) is 2.83. The molecule has 3 N–H and O–H groups in total. The van der Waals surface area contributed by atoms with Crippen LogP contribution in [0.15, 0.2) is 12.1 Å². The maximum Gasteiger partial charge on any atom is 0.303 e. The molecule has 0 amide bonds. The summed E-state index contributed by atoms with van der Waals surface area (Å²) in [6.45, 7) is 7.99. The van der Waals surface area contributed by atoms with Crippen LogP contribution in [-0.4, -0.2) is 35.2 Å². The molecule has 2 rings (SSSR count). The van der Waals surface area contributed by atoms with Gasteiger partial charge in [0.2, 0.25) is 0 Å². The van der Waals surface area contributed by atoms with Crippen molar-refractivity contribution < 1.29 is 24.2 Å². The highest BCUT2D eigenvalue weighted by molar-refractivity contribution is 5.75. The fourth-order valence-corrected chi connectivity index (χ4v) is 2.34. The van der Waals surface area contributed by atoms with Crippen LogP contribution >= 0.6 is 0 Å². The lowest BCUT2D eigenvalue weighted by Crippen LogP contribution is -2.16. The molecule has 5 nitrogen and oxygen atoms in total. The third-order valence-electron chi connectivity index (χ3n) is 3.60. The molecule has 0 unspecified atom stereocenters. The second-order valence-corrected chi connectivity index (χ2v) is 7.10. The minimum absolute atomic E-state index is 0.0991. The molecule has 1 aromatic carbocycles. The molecule has 1 aromatic rings. The number of carboxylic acid groups (broad SMARTS) is 2. The van der Waals surface area contributed by atoms with Crippen molar-refractivity contribution in [1.29, 1.82) is 0 Å². The maximum absolute atomic E-state index is 14.0. The molecule has 1 aliphatic rings. The number of fused-ring (bicyclic) bond motifs is 1. The van der Waals surface area contributed by atoms with E-state index in [1.165, 1.54) is 5.56 Å². The topological polar surface area (TPSA) is 86.6 Å². The van der Waals surface area contributed by atoms with Gasteiger partial charge in [0.25, 0.3) is 0 Å². The Hall–Kier alpha value is -2.39. The van der Waals surface area contributed by atoms with Crippen molar-refractivity contribution in [2.45, 2.75) is 46.5 Å². The summed E-state index contributed by atoms with van der Waals surface area (Å²) in [5.74, 6) is 3.85. The van der Waals surface area contributed by atoms with Crippen LogP contribution in [0.3, 0.4) is 0 Å². The number of rotatable bonds is 3. The van der Waals surface area contributed by atoms with Gasteiger partial charge in [-0.15, -0.1) is 0 Å². The SMILES string of the molecule is CC(C)(C)C#Cc1c(F)ccc2c1CCNCC2.O=C(O)CCC(=O)O. The van der Waals surface area contributed by atoms with E-state index in [2.05, 4.69) is 17.2 Å². The average Bonchev–Trinajstić information content (AvgIpc) is 2.77. The first-order valence-electron chi connectivity index (χ1n) is 8.58. The van der Waals surface area contributed by atoms with E-state index in [0.29, 0.717) is 5.56 Å². The van der Waals surface area contributed by atoms with E-state index in [1.54, 1.807) is 6.07 Å². The smallest absolute Gasteiger partial charge is 0.303 e. The summed E-state index contributed by atoms with van der Waals surface area (Å²) in [7, 11) is 0. The summed E-state index contributed by atoms with van der Waals surface area (Å²) < 4.78 is 14.0. The first-order valence-corrected chi connectivity index (χ1v) is 8.58. The third-order valence-corrected chi connectivity index (χ3v) is 3.60. The highest BCUT2D eigenvalue weighted by Crippen LogP contribution is 2.21. The van der Waals surface area contributed by atoms with Gasteiger partial charge in [-0.3, -0.25) is 9.59 Å². The Kier molecular flexibility index (Phi) is 8.27. The van der Waals surface area contributed by atoms with E-state index in [-0.39, 0.29) is 24.1 Å². The van der Waals surface area contributed by atoms with Crippen molar-refractivity contribution in [3.8, 4) is 11.8 Å². The molecule has 1 heterocycles. The third kappa shape index (κ3) is 8.13. The molecule has 0 saturated heterocycles. The van der Waals surface area contributed by atoms with Crippen LogP contribution in [0.2, 0.25) is 0 Å². The molecular formula is C20H26FNO4. The molecule has 0 aromatic heterocycles. The van der Waals surface area contributed by atoms with Crippen molar-refractivity contribution in [3.63, 3.8) is 0 Å². The van der Waals surface area contributed by atoms with E-state index in [9.17, 15) is 14.0 Å². The summed E-state index contributed by atoms with van der Waals surface area (Å²) in [5, 5.41) is 19.1. The number of benzene rings is 1. The second kappa shape index (κ2) is 9.93. The number of carbonyl (C=O) groups is 2. The molecule has 6 heteroatoms. The zero-order valence-electron chi connectivity index (χ0n) is 15.5. The molecule has 0 fully saturated rings. The molecule has 26 heavy (non-hydrogen) atoms. The summed E-state index contributed by atoms with van der Waals surface area (Å²) in [6.07, 6.45) is 1.23. The minimum atomic E-state index is -1.08. The molecule has 0 aliphatic carbocycles. The standard InChI is InChI=1S/C16H20FN.C4H6O4/c1-16(2,3)9-6-14-13-8-11-18-10-7-12(13)4-5-15(14)17;5-3(6)1-2-4(7)8/h4-5,18H,7-8,10-11H2,1-3H3;1-2H2,(H,5,6)(H,7,8). The number of aliphatic carboxylic acids is 2. The number of halogens is 1. The van der Waals surface area contributed by atoms with Gasteiger partial charge in [-0.1, -0.05) is 17.9 Å². The van der Waals surface area contributed by atoms with Crippen LogP contribution in [0.5, 0.6) is 0 Å². The van der Waals surface area contributed by atoms with Crippen molar-refractivity contribution in [1.82, 2.24) is 5.32 Å². The predicted octanol–water partition coefficient (Wildman–Crippen LogP) is 2.85. The fourth-order valence-electron chi connectivity index (χ4n) is 2.34. The first kappa shape index (κ1) is 21.7. The van der Waals surface area contributed by atoms with Gasteiger partial charge < -0.3 is 15.5 Å². The van der Waals surface area contributed by atoms with Crippen LogP contribution in [0.4, 0.5) is 4.39 Å². The van der Waals surface area contributed by atoms with E-state index in [4.69, 9.17) is 10.2 Å². The largest absolute Gasteiger partial charge is 0.481 e. The molecule has 0 radical (unpaired) electrons. The highest BCUT2D eigenvalue weighted by atomic mass is 19.1. The Labute approximate surface area is 153 Å². The predicted molar refractivity (Wildman–Crippen MR) is 97.5 cm³/mol. The van der Waals surface area contributed by atoms with Crippen LogP contribution in [0.25, 0.3) is 0 Å². The van der Waals surface area contributed by atoms with Crippen molar-refractivity contribution in [3.05, 3.63) is 34.6 Å². The highest BCUT2D eigenvalue weighted by Gasteiger charge is 2.14. The van der Waals surface area contributed by atoms with Gasteiger partial charge in [-0.2, -0.15) is 0 Å². The maximum atomic E-state index is 14.0. The number of hydrogen-bond acceptors (Lipinski definition) is 3. The number of hydrogen-bond donors (Lipinski definition) is 3. The summed E-state index contributed by atoms with van der Waals surface area (Å²) in [4.78, 5) is 19.3. The van der Waals surface area contributed by atoms with Crippen molar-refractivity contribution in [2.75, 3.05) is 13.1 Å². The number of nitrogens with one attached hydrogen (secondary N) is 1. The van der Waals surface area contributed by atoms with E-state index < -0.39 is 11.9 Å². The van der Waals surface area contributed by atoms with E-state index >= 15 is 0 Å². The van der Waals surface area contributed by atoms with Gasteiger partial charge in [0, 0.05) is 5.41 Å². The Balaban J connectivity index is 0.000000359. The van der Waals surface area contributed by atoms with Gasteiger partial charge in [-0.05, 0) is 63.9 Å². The average molecular weight is 363 g/mol. The summed E-state index contributed by atoms with van der Waals surface area (Å²) >= 11 is 0. The Morgan fingerprint density at radius 1 is 1.12 bits per heavy atom. The zero-order chi connectivity index (χ0) is 19.7. The van der Waals surface area contributed by atoms with E-state index in [0.717, 1.165) is 31.5 Å². The lowest BCUT2D eigenvalue weighted by Gasteiger charge is -2.11. The van der Waals surface area contributed by atoms with Gasteiger partial charge in [-0.25, -0.2) is 4.39 Å². The van der Waals surface area contributed by atoms with Gasteiger partial charge in [0.15, 0.2) is 0 Å². The van der Waals surface area contributed by atoms with Crippen LogP contribution in [0.1, 0.15) is 50.3 Å². The molecule has 0 bridgehead atoms. The molecule has 0 atom stereocenters. The normalized spacial score (nSPS) is 13.2. The first-order chi connectivity index (χ1) is 12.1. The minimum Gasteiger partial charge on any atom is -0.481 e. The second-order valence-electron chi connectivity index (χ2n) is 7.10. The molecule has 1 aliphatic heterocycles. The van der Waals surface area contributed by atoms with Gasteiger partial charge in [0.1, 0.15) is 5.82 Å². The summed E-state index contributed by atoms with van der Waals surface area (Å²) in [6, 6.07) is 3.46. The lowest BCUT2D eigenvalue weighted by molar-refractivity contribution is -0.143. The number of carboxylic acids is 2. The molecule has 142 valence electrons. The Morgan fingerprint density at radius 3 is 2.23 bits per heavy atom. The van der Waals surface area contributed by atoms with Crippen LogP contribution < -0.4 is 5.32 Å². The fraction of sp³-hybridized carbons (Fsp3) is 0.500. The zero-order valence-corrected chi connectivity index (χ0v) is 15.5. The van der Waals surface area contributed by atoms with Crippen molar-refractivity contribution >= 4 is 11.9 Å². The van der Waals surface area contributed by atoms with Gasteiger partial charge in [0.05, 0.1) is 18.4 Å². The van der Waals surface area contributed by atoms with Crippen molar-refractivity contribution in [2.24, 2.45) is 5.41 Å². The van der Waals surface area contributed by atoms with Gasteiger partial charge >= 0.3 is 11.9 Å².